The molecule has 35 heavy (non-hydrogen) atoms. The first-order valence-electron chi connectivity index (χ1n) is 11.6. The Kier molecular flexibility index (Phi) is 6.44. The first-order valence-corrected chi connectivity index (χ1v) is 12.4. The lowest BCUT2D eigenvalue weighted by Gasteiger charge is -2.38. The number of amides is 1. The van der Waals surface area contributed by atoms with Crippen LogP contribution < -0.4 is 4.72 Å². The van der Waals surface area contributed by atoms with Gasteiger partial charge in [0.2, 0.25) is 0 Å². The Morgan fingerprint density at radius 3 is 2.57 bits per heavy atom. The number of nitrogens with zero attached hydrogens (tertiary/aromatic N) is 4. The maximum atomic E-state index is 13.1. The summed E-state index contributed by atoms with van der Waals surface area (Å²) in [7, 11) is 0. The third-order valence-electron chi connectivity index (χ3n) is 6.54. The van der Waals surface area contributed by atoms with Crippen molar-refractivity contribution in [2.45, 2.75) is 43.6 Å². The van der Waals surface area contributed by atoms with E-state index in [1.54, 1.807) is 12.4 Å². The highest BCUT2D eigenvalue weighted by atomic mass is 32.2. The van der Waals surface area contributed by atoms with Crippen molar-refractivity contribution < 1.29 is 14.4 Å². The highest BCUT2D eigenvalue weighted by Gasteiger charge is 2.35. The molecule has 0 saturated carbocycles. The molecular formula is C26H27N5O3S. The van der Waals surface area contributed by atoms with Crippen molar-refractivity contribution >= 4 is 34.6 Å². The van der Waals surface area contributed by atoms with Crippen molar-refractivity contribution in [1.82, 2.24) is 20.0 Å². The molecule has 0 spiro atoms. The van der Waals surface area contributed by atoms with E-state index in [1.807, 2.05) is 61.2 Å². The summed E-state index contributed by atoms with van der Waals surface area (Å²) in [6.45, 7) is 4.78. The van der Waals surface area contributed by atoms with E-state index in [-0.39, 0.29) is 5.91 Å². The summed E-state index contributed by atoms with van der Waals surface area (Å²) in [4.78, 5) is 24.6. The van der Waals surface area contributed by atoms with Crippen LogP contribution in [0, 0.1) is 13.8 Å². The summed E-state index contributed by atoms with van der Waals surface area (Å²) >= 11 is 1.46. The molecule has 3 heterocycles. The Morgan fingerprint density at radius 1 is 1.11 bits per heavy atom. The number of nitrogens with one attached hydrogen (secondary N) is 1. The number of carbonyl (C=O) groups excluding carboxylic acids is 1. The molecule has 0 unspecified atom stereocenters. The minimum atomic E-state index is -0.852. The number of carbonyl (C=O) groups is 1. The molecule has 0 atom stereocenters. The Bertz CT molecular complexity index is 1320. The lowest BCUT2D eigenvalue weighted by molar-refractivity contribution is -0.0165. The van der Waals surface area contributed by atoms with Gasteiger partial charge in [0.15, 0.2) is 0 Å². The fourth-order valence-corrected chi connectivity index (χ4v) is 5.18. The first kappa shape index (κ1) is 23.3. The fourth-order valence-electron chi connectivity index (χ4n) is 4.41. The number of likely N-dealkylation sites (tertiary alicyclic amines) is 1. The number of aromatic nitrogens is 3. The number of para-hydroxylation sites is 1. The SMILES string of the molecule is Cc1noc(C)c1CC1(O)CCN(C(=O)c2ccc(NSc3cccc4nccnc34)cc2)CC1. The Labute approximate surface area is 207 Å². The van der Waals surface area contributed by atoms with E-state index in [1.165, 1.54) is 11.9 Å². The number of hydrogen-bond acceptors (Lipinski definition) is 8. The summed E-state index contributed by atoms with van der Waals surface area (Å²) in [5.41, 5.74) is 4.14. The largest absolute Gasteiger partial charge is 0.389 e. The maximum absolute atomic E-state index is 13.1. The van der Waals surface area contributed by atoms with Gasteiger partial charge in [0.1, 0.15) is 11.3 Å². The lowest BCUT2D eigenvalue weighted by Crippen LogP contribution is -2.47. The highest BCUT2D eigenvalue weighted by molar-refractivity contribution is 8.00. The molecule has 1 amide bonds. The predicted molar refractivity (Wildman–Crippen MR) is 135 cm³/mol. The van der Waals surface area contributed by atoms with Gasteiger partial charge in [-0.15, -0.1) is 0 Å². The smallest absolute Gasteiger partial charge is 0.253 e. The predicted octanol–water partition coefficient (Wildman–Crippen LogP) is 4.56. The zero-order valence-electron chi connectivity index (χ0n) is 19.7. The molecule has 1 fully saturated rings. The van der Waals surface area contributed by atoms with Gasteiger partial charge < -0.3 is 19.3 Å². The number of fused-ring (bicyclic) bond motifs is 1. The molecule has 4 aromatic rings. The monoisotopic (exact) mass is 489 g/mol. The zero-order valence-corrected chi connectivity index (χ0v) is 20.5. The van der Waals surface area contributed by atoms with E-state index in [9.17, 15) is 9.90 Å². The van der Waals surface area contributed by atoms with Gasteiger partial charge in [-0.3, -0.25) is 14.8 Å². The lowest BCUT2D eigenvalue weighted by atomic mass is 9.84. The molecule has 8 nitrogen and oxygen atoms in total. The molecule has 0 aliphatic carbocycles. The van der Waals surface area contributed by atoms with Crippen LogP contribution in [0.15, 0.2) is 64.3 Å². The van der Waals surface area contributed by atoms with Crippen molar-refractivity contribution in [2.24, 2.45) is 0 Å². The molecule has 180 valence electrons. The highest BCUT2D eigenvalue weighted by Crippen LogP contribution is 2.30. The number of rotatable bonds is 6. The summed E-state index contributed by atoms with van der Waals surface area (Å²) < 4.78 is 8.55. The van der Waals surface area contributed by atoms with Crippen molar-refractivity contribution in [1.29, 1.82) is 0 Å². The van der Waals surface area contributed by atoms with Crippen LogP contribution in [0.25, 0.3) is 11.0 Å². The third kappa shape index (κ3) is 5.01. The summed E-state index contributed by atoms with van der Waals surface area (Å²) in [6, 6.07) is 13.3. The fraction of sp³-hybridized carbons (Fsp3) is 0.308. The van der Waals surface area contributed by atoms with Gasteiger partial charge in [-0.2, -0.15) is 0 Å². The molecule has 2 N–H and O–H groups in total. The standard InChI is InChI=1S/C26H27N5O3S/c1-17-21(18(2)34-29-17)16-26(33)10-14-31(15-11-26)25(32)19-6-8-20(9-7-19)30-35-23-5-3-4-22-24(23)28-13-12-27-22/h3-9,12-13,30,33H,10-11,14-16H2,1-2H3. The van der Waals surface area contributed by atoms with Crippen LogP contribution in [-0.4, -0.2) is 49.7 Å². The van der Waals surface area contributed by atoms with E-state index in [0.29, 0.717) is 37.9 Å². The number of benzene rings is 2. The number of hydrogen-bond donors (Lipinski definition) is 2. The average Bonchev–Trinajstić information content (AvgIpc) is 3.19. The zero-order chi connectivity index (χ0) is 24.4. The number of anilines is 1. The number of aliphatic hydroxyl groups is 1. The third-order valence-corrected chi connectivity index (χ3v) is 7.43. The van der Waals surface area contributed by atoms with Crippen LogP contribution in [0.2, 0.25) is 0 Å². The molecule has 9 heteroatoms. The topological polar surface area (TPSA) is 104 Å². The van der Waals surface area contributed by atoms with E-state index >= 15 is 0 Å². The van der Waals surface area contributed by atoms with Crippen LogP contribution >= 0.6 is 11.9 Å². The molecule has 0 radical (unpaired) electrons. The average molecular weight is 490 g/mol. The van der Waals surface area contributed by atoms with Crippen LogP contribution in [0.5, 0.6) is 0 Å². The molecule has 2 aromatic heterocycles. The molecule has 1 aliphatic heterocycles. The first-order chi connectivity index (χ1) is 16.9. The van der Waals surface area contributed by atoms with E-state index in [0.717, 1.165) is 38.6 Å². The van der Waals surface area contributed by atoms with Crippen LogP contribution in [0.3, 0.4) is 0 Å². The summed E-state index contributed by atoms with van der Waals surface area (Å²) in [5.74, 6) is 0.725. The number of aryl methyl sites for hydroxylation is 2. The van der Waals surface area contributed by atoms with Crippen LogP contribution in [-0.2, 0) is 6.42 Å². The molecule has 1 aliphatic rings. The second-order valence-electron chi connectivity index (χ2n) is 8.96. The summed E-state index contributed by atoms with van der Waals surface area (Å²) in [5, 5.41) is 15.1. The van der Waals surface area contributed by atoms with E-state index in [4.69, 9.17) is 4.52 Å². The van der Waals surface area contributed by atoms with Crippen molar-refractivity contribution in [2.75, 3.05) is 17.8 Å². The Balaban J connectivity index is 1.18. The summed E-state index contributed by atoms with van der Waals surface area (Å²) in [6.07, 6.45) is 4.91. The second-order valence-corrected chi connectivity index (χ2v) is 9.81. The van der Waals surface area contributed by atoms with Crippen molar-refractivity contribution in [3.8, 4) is 0 Å². The Morgan fingerprint density at radius 2 is 1.86 bits per heavy atom. The Hall–Kier alpha value is -3.43. The number of piperidine rings is 1. The molecular weight excluding hydrogens is 462 g/mol. The van der Waals surface area contributed by atoms with Crippen LogP contribution in [0.4, 0.5) is 5.69 Å². The molecule has 2 aromatic carbocycles. The maximum Gasteiger partial charge on any atom is 0.253 e. The van der Waals surface area contributed by atoms with Gasteiger partial charge in [0.25, 0.3) is 5.91 Å². The van der Waals surface area contributed by atoms with E-state index < -0.39 is 5.60 Å². The molecule has 0 bridgehead atoms. The van der Waals surface area contributed by atoms with Gasteiger partial charge in [-0.05, 0) is 75.0 Å². The van der Waals surface area contributed by atoms with Crippen molar-refractivity contribution in [3.63, 3.8) is 0 Å². The minimum absolute atomic E-state index is 0.0204. The molecule has 1 saturated heterocycles. The van der Waals surface area contributed by atoms with Gasteiger partial charge in [-0.1, -0.05) is 11.2 Å². The van der Waals surface area contributed by atoms with Crippen LogP contribution in [0.1, 0.15) is 40.2 Å². The van der Waals surface area contributed by atoms with Gasteiger partial charge in [0.05, 0.1) is 21.7 Å². The van der Waals surface area contributed by atoms with E-state index in [2.05, 4.69) is 19.8 Å². The van der Waals surface area contributed by atoms with Gasteiger partial charge >= 0.3 is 0 Å². The quantitative estimate of drug-likeness (QED) is 0.380. The van der Waals surface area contributed by atoms with Gasteiger partial charge in [-0.25, -0.2) is 0 Å². The van der Waals surface area contributed by atoms with Crippen molar-refractivity contribution in [3.05, 3.63) is 77.4 Å². The van der Waals surface area contributed by atoms with Gasteiger partial charge in [0, 0.05) is 48.7 Å². The second kappa shape index (κ2) is 9.67. The molecule has 5 rings (SSSR count). The minimum Gasteiger partial charge on any atom is -0.389 e. The normalized spacial score (nSPS) is 15.3.